The zero-order valence-corrected chi connectivity index (χ0v) is 10.4. The Bertz CT molecular complexity index is 354. The van der Waals surface area contributed by atoms with E-state index < -0.39 is 0 Å². The summed E-state index contributed by atoms with van der Waals surface area (Å²) in [4.78, 5) is 4.49. The normalized spacial score (nSPS) is 18.9. The molecule has 0 aliphatic heterocycles. The van der Waals surface area contributed by atoms with Crippen molar-refractivity contribution in [3.05, 3.63) is 29.1 Å². The van der Waals surface area contributed by atoms with Crippen LogP contribution in [0.5, 0.6) is 0 Å². The van der Waals surface area contributed by atoms with Gasteiger partial charge in [-0.15, -0.1) is 0 Å². The van der Waals surface area contributed by atoms with Crippen molar-refractivity contribution in [3.63, 3.8) is 0 Å². The quantitative estimate of drug-likeness (QED) is 0.845. The number of aromatic nitrogens is 1. The van der Waals surface area contributed by atoms with Crippen molar-refractivity contribution < 1.29 is 0 Å². The highest BCUT2D eigenvalue weighted by Crippen LogP contribution is 2.32. The molecule has 1 unspecified atom stereocenters. The molecule has 0 spiro atoms. The molecule has 1 aromatic heterocycles. The summed E-state index contributed by atoms with van der Waals surface area (Å²) < 4.78 is 0. The molecule has 0 bridgehead atoms. The molecule has 0 saturated heterocycles. The van der Waals surface area contributed by atoms with Gasteiger partial charge in [-0.05, 0) is 37.3 Å². The first-order valence-corrected chi connectivity index (χ1v) is 6.35. The number of pyridine rings is 1. The van der Waals surface area contributed by atoms with Crippen molar-refractivity contribution in [1.82, 2.24) is 4.98 Å². The Labute approximate surface area is 98.3 Å². The molecule has 2 N–H and O–H groups in total. The van der Waals surface area contributed by atoms with Gasteiger partial charge in [0.2, 0.25) is 0 Å². The largest absolute Gasteiger partial charge is 0.323 e. The summed E-state index contributed by atoms with van der Waals surface area (Å²) in [5.74, 6) is 0.831. The first-order chi connectivity index (χ1) is 7.66. The zero-order chi connectivity index (χ0) is 11.5. The van der Waals surface area contributed by atoms with Gasteiger partial charge in [0.25, 0.3) is 0 Å². The van der Waals surface area contributed by atoms with Crippen molar-refractivity contribution in [3.8, 4) is 0 Å². The lowest BCUT2D eigenvalue weighted by Gasteiger charge is -2.17. The summed E-state index contributed by atoms with van der Waals surface area (Å²) in [5.41, 5.74) is 9.82. The highest BCUT2D eigenvalue weighted by atomic mass is 14.8. The molecule has 0 aromatic carbocycles. The fraction of sp³-hybridized carbons (Fsp3) is 0.643. The van der Waals surface area contributed by atoms with Crippen LogP contribution in [0.25, 0.3) is 0 Å². The summed E-state index contributed by atoms with van der Waals surface area (Å²) in [6, 6.07) is 2.31. The monoisotopic (exact) mass is 218 g/mol. The lowest BCUT2D eigenvalue weighted by Crippen LogP contribution is -2.17. The minimum absolute atomic E-state index is 0.128. The van der Waals surface area contributed by atoms with E-state index in [1.54, 1.807) is 0 Å². The van der Waals surface area contributed by atoms with Gasteiger partial charge < -0.3 is 5.73 Å². The van der Waals surface area contributed by atoms with E-state index in [4.69, 9.17) is 5.73 Å². The SMILES string of the molecule is Cc1cnc(C(N)CC2CCCC2)c(C)c1. The molecular weight excluding hydrogens is 196 g/mol. The molecule has 16 heavy (non-hydrogen) atoms. The number of hydrogen-bond donors (Lipinski definition) is 1. The van der Waals surface area contributed by atoms with E-state index in [-0.39, 0.29) is 6.04 Å². The average Bonchev–Trinajstić information content (AvgIpc) is 2.70. The Morgan fingerprint density at radius 2 is 2.06 bits per heavy atom. The Hall–Kier alpha value is -0.890. The van der Waals surface area contributed by atoms with Crippen LogP contribution in [0.1, 0.15) is 55.0 Å². The van der Waals surface area contributed by atoms with Gasteiger partial charge in [0, 0.05) is 12.2 Å². The fourth-order valence-electron chi connectivity index (χ4n) is 2.83. The maximum Gasteiger partial charge on any atom is 0.0600 e. The van der Waals surface area contributed by atoms with Gasteiger partial charge in [-0.25, -0.2) is 0 Å². The predicted molar refractivity (Wildman–Crippen MR) is 67.2 cm³/mol. The van der Waals surface area contributed by atoms with Gasteiger partial charge in [0.15, 0.2) is 0 Å². The van der Waals surface area contributed by atoms with Crippen LogP contribution in [0.2, 0.25) is 0 Å². The molecule has 1 saturated carbocycles. The summed E-state index contributed by atoms with van der Waals surface area (Å²) in [6.07, 6.45) is 8.53. The third kappa shape index (κ3) is 2.62. The van der Waals surface area contributed by atoms with E-state index in [1.807, 2.05) is 6.20 Å². The van der Waals surface area contributed by atoms with Crippen LogP contribution in [-0.4, -0.2) is 4.98 Å². The molecule has 1 atom stereocenters. The summed E-state index contributed by atoms with van der Waals surface area (Å²) >= 11 is 0. The summed E-state index contributed by atoms with van der Waals surface area (Å²) in [7, 11) is 0. The van der Waals surface area contributed by atoms with Gasteiger partial charge in [-0.3, -0.25) is 4.98 Å². The standard InChI is InChI=1S/C14H22N2/c1-10-7-11(2)14(16-9-10)13(15)8-12-5-3-4-6-12/h7,9,12-13H,3-6,8,15H2,1-2H3. The lowest BCUT2D eigenvalue weighted by molar-refractivity contribution is 0.444. The molecule has 2 heteroatoms. The van der Waals surface area contributed by atoms with Crippen LogP contribution in [0.4, 0.5) is 0 Å². The molecular formula is C14H22N2. The average molecular weight is 218 g/mol. The fourth-order valence-corrected chi connectivity index (χ4v) is 2.83. The van der Waals surface area contributed by atoms with Crippen molar-refractivity contribution >= 4 is 0 Å². The smallest absolute Gasteiger partial charge is 0.0600 e. The molecule has 1 aliphatic rings. The molecule has 1 aromatic rings. The maximum atomic E-state index is 6.26. The van der Waals surface area contributed by atoms with E-state index in [0.29, 0.717) is 0 Å². The molecule has 1 fully saturated rings. The van der Waals surface area contributed by atoms with Crippen molar-refractivity contribution in [2.45, 2.75) is 52.0 Å². The van der Waals surface area contributed by atoms with Crippen LogP contribution in [0.3, 0.4) is 0 Å². The Kier molecular flexibility index (Phi) is 3.59. The molecule has 2 nitrogen and oxygen atoms in total. The number of nitrogens with zero attached hydrogens (tertiary/aromatic N) is 1. The van der Waals surface area contributed by atoms with Crippen LogP contribution < -0.4 is 5.73 Å². The third-order valence-electron chi connectivity index (χ3n) is 3.67. The van der Waals surface area contributed by atoms with Gasteiger partial charge >= 0.3 is 0 Å². The zero-order valence-electron chi connectivity index (χ0n) is 10.4. The lowest BCUT2D eigenvalue weighted by atomic mass is 9.95. The highest BCUT2D eigenvalue weighted by molar-refractivity contribution is 5.25. The number of rotatable bonds is 3. The Morgan fingerprint density at radius 3 is 2.69 bits per heavy atom. The number of nitrogens with two attached hydrogens (primary N) is 1. The first-order valence-electron chi connectivity index (χ1n) is 6.35. The number of hydrogen-bond acceptors (Lipinski definition) is 2. The van der Waals surface area contributed by atoms with E-state index >= 15 is 0 Å². The van der Waals surface area contributed by atoms with E-state index in [1.165, 1.54) is 36.8 Å². The summed E-state index contributed by atoms with van der Waals surface area (Å²) in [5, 5.41) is 0. The van der Waals surface area contributed by atoms with E-state index in [2.05, 4.69) is 24.9 Å². The van der Waals surface area contributed by atoms with Crippen LogP contribution >= 0.6 is 0 Å². The maximum absolute atomic E-state index is 6.26. The van der Waals surface area contributed by atoms with Crippen molar-refractivity contribution in [1.29, 1.82) is 0 Å². The van der Waals surface area contributed by atoms with Gasteiger partial charge in [0.05, 0.1) is 5.69 Å². The molecule has 0 radical (unpaired) electrons. The van der Waals surface area contributed by atoms with Gasteiger partial charge in [-0.1, -0.05) is 31.7 Å². The van der Waals surface area contributed by atoms with Crippen molar-refractivity contribution in [2.24, 2.45) is 11.7 Å². The molecule has 1 aliphatic carbocycles. The van der Waals surface area contributed by atoms with Gasteiger partial charge in [-0.2, -0.15) is 0 Å². The minimum atomic E-state index is 0.128. The number of aryl methyl sites for hydroxylation is 2. The van der Waals surface area contributed by atoms with E-state index in [0.717, 1.165) is 18.0 Å². The van der Waals surface area contributed by atoms with Crippen LogP contribution in [0, 0.1) is 19.8 Å². The minimum Gasteiger partial charge on any atom is -0.323 e. The third-order valence-corrected chi connectivity index (χ3v) is 3.67. The van der Waals surface area contributed by atoms with Crippen LogP contribution in [0.15, 0.2) is 12.3 Å². The van der Waals surface area contributed by atoms with Crippen LogP contribution in [-0.2, 0) is 0 Å². The summed E-state index contributed by atoms with van der Waals surface area (Å²) in [6.45, 7) is 4.19. The second-order valence-corrected chi connectivity index (χ2v) is 5.21. The molecule has 1 heterocycles. The highest BCUT2D eigenvalue weighted by Gasteiger charge is 2.20. The molecule has 2 rings (SSSR count). The predicted octanol–water partition coefficient (Wildman–Crippen LogP) is 3.28. The topological polar surface area (TPSA) is 38.9 Å². The van der Waals surface area contributed by atoms with Gasteiger partial charge in [0.1, 0.15) is 0 Å². The second-order valence-electron chi connectivity index (χ2n) is 5.21. The van der Waals surface area contributed by atoms with E-state index in [9.17, 15) is 0 Å². The first kappa shape index (κ1) is 11.6. The molecule has 0 amide bonds. The van der Waals surface area contributed by atoms with Crippen molar-refractivity contribution in [2.75, 3.05) is 0 Å². The second kappa shape index (κ2) is 4.96. The Morgan fingerprint density at radius 1 is 1.38 bits per heavy atom. The Balaban J connectivity index is 2.04. The molecule has 88 valence electrons.